The molecule has 1 aliphatic heterocycles. The Kier molecular flexibility index (Phi) is 5.59. The summed E-state index contributed by atoms with van der Waals surface area (Å²) in [6, 6.07) is 12.1. The highest BCUT2D eigenvalue weighted by Crippen LogP contribution is 2.21. The van der Waals surface area contributed by atoms with Gasteiger partial charge in [0.25, 0.3) is 0 Å². The first-order chi connectivity index (χ1) is 11.8. The molecule has 124 valence electrons. The second-order valence-corrected chi connectivity index (χ2v) is 6.84. The summed E-state index contributed by atoms with van der Waals surface area (Å²) in [5, 5.41) is 1.97. The third kappa shape index (κ3) is 4.20. The van der Waals surface area contributed by atoms with Crippen LogP contribution in [0.3, 0.4) is 0 Å². The van der Waals surface area contributed by atoms with Crippen molar-refractivity contribution in [3.8, 4) is 0 Å². The minimum atomic E-state index is -0.387. The van der Waals surface area contributed by atoms with E-state index in [1.807, 2.05) is 29.6 Å². The van der Waals surface area contributed by atoms with Gasteiger partial charge in [-0.15, -0.1) is 11.3 Å². The van der Waals surface area contributed by atoms with Gasteiger partial charge in [-0.2, -0.15) is 0 Å². The zero-order valence-corrected chi connectivity index (χ0v) is 14.6. The topological polar surface area (TPSA) is 38.7 Å². The van der Waals surface area contributed by atoms with Crippen molar-refractivity contribution in [3.63, 3.8) is 0 Å². The van der Waals surface area contributed by atoms with Gasteiger partial charge in [0.05, 0.1) is 0 Å². The van der Waals surface area contributed by atoms with E-state index in [9.17, 15) is 4.79 Å². The molecule has 3 rings (SSSR count). The number of nitrogens with zero attached hydrogens (tertiary/aromatic N) is 1. The van der Waals surface area contributed by atoms with Crippen LogP contribution in [0.2, 0.25) is 0 Å². The number of cyclic esters (lactones) is 1. The van der Waals surface area contributed by atoms with Gasteiger partial charge in [0, 0.05) is 10.4 Å². The number of aliphatic imine (C=N–C) groups is 1. The van der Waals surface area contributed by atoms with Gasteiger partial charge < -0.3 is 4.74 Å². The van der Waals surface area contributed by atoms with Crippen LogP contribution in [0.5, 0.6) is 0 Å². The van der Waals surface area contributed by atoms with Crippen molar-refractivity contribution >= 4 is 29.3 Å². The van der Waals surface area contributed by atoms with Gasteiger partial charge in [-0.1, -0.05) is 44.4 Å². The highest BCUT2D eigenvalue weighted by Gasteiger charge is 2.24. The number of aryl methyl sites for hydroxylation is 1. The SMILES string of the molecule is CCCCCCc1ccc(C2=NC(=Cc3cccs3)C(=O)O2)cc1. The summed E-state index contributed by atoms with van der Waals surface area (Å²) in [7, 11) is 0. The van der Waals surface area contributed by atoms with Crippen LogP contribution in [0.15, 0.2) is 52.5 Å². The molecule has 0 unspecified atom stereocenters. The Balaban J connectivity index is 1.67. The van der Waals surface area contributed by atoms with Gasteiger partial charge in [0.2, 0.25) is 5.90 Å². The quantitative estimate of drug-likeness (QED) is 0.394. The highest BCUT2D eigenvalue weighted by molar-refractivity contribution is 7.10. The number of rotatable bonds is 7. The molecular formula is C20H21NO2S. The van der Waals surface area contributed by atoms with Crippen molar-refractivity contribution in [2.45, 2.75) is 39.0 Å². The number of hydrogen-bond donors (Lipinski definition) is 0. The summed E-state index contributed by atoms with van der Waals surface area (Å²) in [5.74, 6) is 0.00220. The van der Waals surface area contributed by atoms with E-state index in [1.165, 1.54) is 31.2 Å². The number of thiophene rings is 1. The molecule has 0 saturated heterocycles. The summed E-state index contributed by atoms with van der Waals surface area (Å²) in [4.78, 5) is 17.3. The van der Waals surface area contributed by atoms with Gasteiger partial charge in [0.15, 0.2) is 5.70 Å². The molecule has 0 saturated carbocycles. The van der Waals surface area contributed by atoms with Crippen LogP contribution in [0.1, 0.15) is 48.6 Å². The molecule has 1 aromatic carbocycles. The van der Waals surface area contributed by atoms with Crippen molar-refractivity contribution in [2.24, 2.45) is 4.99 Å². The molecule has 0 bridgehead atoms. The number of esters is 1. The fraction of sp³-hybridized carbons (Fsp3) is 0.300. The third-order valence-electron chi connectivity index (χ3n) is 3.96. The molecule has 1 aromatic heterocycles. The zero-order valence-electron chi connectivity index (χ0n) is 13.8. The van der Waals surface area contributed by atoms with E-state index in [-0.39, 0.29) is 5.97 Å². The smallest absolute Gasteiger partial charge is 0.363 e. The fourth-order valence-corrected chi connectivity index (χ4v) is 3.26. The molecule has 0 spiro atoms. The lowest BCUT2D eigenvalue weighted by atomic mass is 10.0. The molecule has 0 atom stereocenters. The largest absolute Gasteiger partial charge is 0.402 e. The molecule has 0 fully saturated rings. The molecule has 0 aliphatic carbocycles. The van der Waals surface area contributed by atoms with Crippen LogP contribution in [-0.4, -0.2) is 11.9 Å². The number of carbonyl (C=O) groups excluding carboxylic acids is 1. The van der Waals surface area contributed by atoms with Crippen LogP contribution in [0, 0.1) is 0 Å². The summed E-state index contributed by atoms with van der Waals surface area (Å²) in [6.45, 7) is 2.22. The van der Waals surface area contributed by atoms with Gasteiger partial charge >= 0.3 is 5.97 Å². The Morgan fingerprint density at radius 2 is 1.96 bits per heavy atom. The van der Waals surface area contributed by atoms with E-state index < -0.39 is 0 Å². The molecule has 2 heterocycles. The summed E-state index contributed by atoms with van der Waals surface area (Å²) in [5.41, 5.74) is 2.51. The maximum absolute atomic E-state index is 12.0. The van der Waals surface area contributed by atoms with E-state index >= 15 is 0 Å². The van der Waals surface area contributed by atoms with Crippen LogP contribution in [0.4, 0.5) is 0 Å². The molecule has 1 aliphatic rings. The van der Waals surface area contributed by atoms with Gasteiger partial charge in [-0.05, 0) is 48.1 Å². The predicted octanol–water partition coefficient (Wildman–Crippen LogP) is 5.22. The maximum atomic E-state index is 12.0. The molecule has 24 heavy (non-hydrogen) atoms. The molecule has 4 heteroatoms. The normalized spacial score (nSPS) is 15.6. The van der Waals surface area contributed by atoms with E-state index in [4.69, 9.17) is 4.74 Å². The summed E-state index contributed by atoms with van der Waals surface area (Å²) < 4.78 is 5.31. The molecule has 0 N–H and O–H groups in total. The average Bonchev–Trinajstić information content (AvgIpc) is 3.23. The Morgan fingerprint density at radius 3 is 2.67 bits per heavy atom. The number of ether oxygens (including phenoxy) is 1. The lowest BCUT2D eigenvalue weighted by Gasteiger charge is -2.03. The van der Waals surface area contributed by atoms with E-state index in [0.29, 0.717) is 11.6 Å². The number of carbonyl (C=O) groups is 1. The standard InChI is InChI=1S/C20H21NO2S/c1-2-3-4-5-7-15-9-11-16(12-10-15)19-21-18(20(22)23-19)14-17-8-6-13-24-17/h6,8-14H,2-5,7H2,1H3. The van der Waals surface area contributed by atoms with Crippen molar-refractivity contribution in [1.29, 1.82) is 0 Å². The van der Waals surface area contributed by atoms with Gasteiger partial charge in [-0.25, -0.2) is 9.79 Å². The number of hydrogen-bond acceptors (Lipinski definition) is 4. The van der Waals surface area contributed by atoms with E-state index in [1.54, 1.807) is 17.4 Å². The van der Waals surface area contributed by atoms with Gasteiger partial charge in [-0.3, -0.25) is 0 Å². The summed E-state index contributed by atoms with van der Waals surface area (Å²) >= 11 is 1.57. The first kappa shape index (κ1) is 16.7. The number of unbranched alkanes of at least 4 members (excludes halogenated alkanes) is 3. The lowest BCUT2D eigenvalue weighted by molar-refractivity contribution is -0.129. The van der Waals surface area contributed by atoms with Crippen LogP contribution >= 0.6 is 11.3 Å². The lowest BCUT2D eigenvalue weighted by Crippen LogP contribution is -2.05. The molecular weight excluding hydrogens is 318 g/mol. The molecule has 3 nitrogen and oxygen atoms in total. The second-order valence-electron chi connectivity index (χ2n) is 5.86. The predicted molar refractivity (Wildman–Crippen MR) is 99.2 cm³/mol. The molecule has 0 radical (unpaired) electrons. The monoisotopic (exact) mass is 339 g/mol. The highest BCUT2D eigenvalue weighted by atomic mass is 32.1. The first-order valence-electron chi connectivity index (χ1n) is 8.41. The Morgan fingerprint density at radius 1 is 1.12 bits per heavy atom. The minimum absolute atomic E-state index is 0.357. The van der Waals surface area contributed by atoms with Gasteiger partial charge in [0.1, 0.15) is 0 Å². The molecule has 0 amide bonds. The van der Waals surface area contributed by atoms with Crippen molar-refractivity contribution in [1.82, 2.24) is 0 Å². The van der Waals surface area contributed by atoms with Crippen LogP contribution in [0.25, 0.3) is 6.08 Å². The van der Waals surface area contributed by atoms with E-state index in [0.717, 1.165) is 16.9 Å². The van der Waals surface area contributed by atoms with Crippen molar-refractivity contribution < 1.29 is 9.53 Å². The van der Waals surface area contributed by atoms with Crippen molar-refractivity contribution in [2.75, 3.05) is 0 Å². The van der Waals surface area contributed by atoms with Crippen LogP contribution < -0.4 is 0 Å². The summed E-state index contributed by atoms with van der Waals surface area (Å²) in [6.07, 6.45) is 7.91. The molecule has 2 aromatic rings. The maximum Gasteiger partial charge on any atom is 0.363 e. The number of benzene rings is 1. The second kappa shape index (κ2) is 8.06. The minimum Gasteiger partial charge on any atom is -0.402 e. The van der Waals surface area contributed by atoms with E-state index in [2.05, 4.69) is 24.0 Å². The first-order valence-corrected chi connectivity index (χ1v) is 9.29. The third-order valence-corrected chi connectivity index (χ3v) is 4.78. The fourth-order valence-electron chi connectivity index (χ4n) is 2.61. The Hall–Kier alpha value is -2.20. The average molecular weight is 339 g/mol. The zero-order chi connectivity index (χ0) is 16.8. The Bertz CT molecular complexity index is 742. The Labute approximate surface area is 146 Å². The van der Waals surface area contributed by atoms with Crippen LogP contribution in [-0.2, 0) is 16.0 Å². The van der Waals surface area contributed by atoms with Crippen molar-refractivity contribution in [3.05, 3.63) is 63.5 Å².